The van der Waals surface area contributed by atoms with E-state index < -0.39 is 28.7 Å². The van der Waals surface area contributed by atoms with E-state index in [2.05, 4.69) is 10.6 Å². The maximum atomic E-state index is 13.3. The fourth-order valence-corrected chi connectivity index (χ4v) is 4.89. The molecule has 4 rings (SSSR count). The fourth-order valence-electron chi connectivity index (χ4n) is 3.68. The van der Waals surface area contributed by atoms with Gasteiger partial charge in [-0.05, 0) is 66.2 Å². The highest BCUT2D eigenvalue weighted by molar-refractivity contribution is 8.00. The van der Waals surface area contributed by atoms with E-state index in [0.717, 1.165) is 17.7 Å². The number of carbonyl (C=O) groups is 4. The Kier molecular flexibility index (Phi) is 8.65. The molecule has 0 radical (unpaired) electrons. The fraction of sp³-hybridized carbons (Fsp3) is 0.0345. The minimum atomic E-state index is -1.43. The molecule has 0 spiro atoms. The molecule has 8 nitrogen and oxygen atoms in total. The molecule has 10 heteroatoms. The molecule has 0 aromatic heterocycles. The van der Waals surface area contributed by atoms with Crippen LogP contribution in [0.25, 0.3) is 0 Å². The summed E-state index contributed by atoms with van der Waals surface area (Å²) in [6.07, 6.45) is 0. The van der Waals surface area contributed by atoms with Crippen LogP contribution < -0.4 is 10.6 Å². The van der Waals surface area contributed by atoms with E-state index in [1.54, 1.807) is 48.5 Å². The Morgan fingerprint density at radius 2 is 1.41 bits per heavy atom. The molecule has 4 N–H and O–H groups in total. The first kappa shape index (κ1) is 27.4. The molecule has 0 aliphatic heterocycles. The lowest BCUT2D eigenvalue weighted by molar-refractivity contribution is -0.115. The van der Waals surface area contributed by atoms with E-state index in [1.807, 2.05) is 30.3 Å². The van der Waals surface area contributed by atoms with E-state index >= 15 is 0 Å². The summed E-state index contributed by atoms with van der Waals surface area (Å²) in [7, 11) is 0. The number of carboxylic acids is 2. The van der Waals surface area contributed by atoms with Crippen molar-refractivity contribution < 1.29 is 29.4 Å². The van der Waals surface area contributed by atoms with Gasteiger partial charge >= 0.3 is 11.9 Å². The summed E-state index contributed by atoms with van der Waals surface area (Å²) in [6.45, 7) is 0. The molecule has 0 aliphatic carbocycles. The average Bonchev–Trinajstić information content (AvgIpc) is 2.93. The number of thioether (sulfide) groups is 1. The molecule has 2 amide bonds. The van der Waals surface area contributed by atoms with Crippen LogP contribution in [0, 0.1) is 0 Å². The SMILES string of the molecule is O=C(O)c1ccc(C(=O)Nc2cccc(SC(C(=O)Nc3ccc(Cl)cc3)c3ccccc3)c2)c(C(=O)O)c1. The summed E-state index contributed by atoms with van der Waals surface area (Å²) < 4.78 is 0. The summed E-state index contributed by atoms with van der Waals surface area (Å²) in [4.78, 5) is 49.7. The highest BCUT2D eigenvalue weighted by atomic mass is 35.5. The number of halogens is 1. The van der Waals surface area contributed by atoms with Crippen molar-refractivity contribution in [1.82, 2.24) is 0 Å². The van der Waals surface area contributed by atoms with Crippen LogP contribution in [0.5, 0.6) is 0 Å². The molecule has 39 heavy (non-hydrogen) atoms. The molecule has 0 heterocycles. The van der Waals surface area contributed by atoms with Crippen molar-refractivity contribution in [3.63, 3.8) is 0 Å². The van der Waals surface area contributed by atoms with Crippen LogP contribution in [0.4, 0.5) is 11.4 Å². The van der Waals surface area contributed by atoms with Gasteiger partial charge in [-0.25, -0.2) is 9.59 Å². The Labute approximate surface area is 232 Å². The maximum absolute atomic E-state index is 13.3. The van der Waals surface area contributed by atoms with Crippen molar-refractivity contribution in [2.45, 2.75) is 10.1 Å². The van der Waals surface area contributed by atoms with E-state index in [9.17, 15) is 24.3 Å². The third-order valence-electron chi connectivity index (χ3n) is 5.54. The highest BCUT2D eigenvalue weighted by Crippen LogP contribution is 2.37. The molecule has 0 saturated carbocycles. The lowest BCUT2D eigenvalue weighted by Gasteiger charge is -2.18. The summed E-state index contributed by atoms with van der Waals surface area (Å²) in [6, 6.07) is 26.0. The van der Waals surface area contributed by atoms with Crippen LogP contribution >= 0.6 is 23.4 Å². The standard InChI is InChI=1S/C29H21ClN2O6S/c30-19-10-12-20(13-11-19)31-27(34)25(17-5-2-1-3-6-17)39-22-8-4-7-21(16-22)32-26(33)23-14-9-18(28(35)36)15-24(23)29(37)38/h1-16,25H,(H,31,34)(H,32,33)(H,35,36)(H,37,38). The van der Waals surface area contributed by atoms with Crippen LogP contribution in [0.3, 0.4) is 0 Å². The number of carbonyl (C=O) groups excluding carboxylic acids is 2. The second-order valence-electron chi connectivity index (χ2n) is 8.26. The number of amides is 2. The van der Waals surface area contributed by atoms with Gasteiger partial charge in [0, 0.05) is 21.3 Å². The molecule has 0 aliphatic rings. The number of rotatable bonds is 9. The predicted octanol–water partition coefficient (Wildman–Crippen LogP) is 6.46. The summed E-state index contributed by atoms with van der Waals surface area (Å²) in [5, 5.41) is 24.1. The number of aromatic carboxylic acids is 2. The number of benzene rings is 4. The Morgan fingerprint density at radius 3 is 2.08 bits per heavy atom. The molecule has 1 atom stereocenters. The van der Waals surface area contributed by atoms with Crippen molar-refractivity contribution in [1.29, 1.82) is 0 Å². The minimum absolute atomic E-state index is 0.185. The van der Waals surface area contributed by atoms with Crippen molar-refractivity contribution in [3.05, 3.63) is 124 Å². The van der Waals surface area contributed by atoms with Gasteiger partial charge in [0.1, 0.15) is 5.25 Å². The zero-order valence-corrected chi connectivity index (χ0v) is 21.7. The van der Waals surface area contributed by atoms with Crippen molar-refractivity contribution in [2.75, 3.05) is 10.6 Å². The van der Waals surface area contributed by atoms with Crippen molar-refractivity contribution >= 4 is 58.5 Å². The number of nitrogens with one attached hydrogen (secondary N) is 2. The van der Waals surface area contributed by atoms with Gasteiger partial charge in [-0.2, -0.15) is 0 Å². The van der Waals surface area contributed by atoms with Crippen LogP contribution in [0.15, 0.2) is 102 Å². The lowest BCUT2D eigenvalue weighted by Crippen LogP contribution is -2.19. The first-order valence-corrected chi connectivity index (χ1v) is 12.8. The van der Waals surface area contributed by atoms with Crippen LogP contribution in [0.1, 0.15) is 41.9 Å². The highest BCUT2D eigenvalue weighted by Gasteiger charge is 2.23. The molecule has 1 unspecified atom stereocenters. The number of hydrogen-bond donors (Lipinski definition) is 4. The summed E-state index contributed by atoms with van der Waals surface area (Å²) in [5.41, 5.74) is 0.874. The zero-order chi connectivity index (χ0) is 27.9. The van der Waals surface area contributed by atoms with Crippen molar-refractivity contribution in [3.8, 4) is 0 Å². The van der Waals surface area contributed by atoms with Gasteiger partial charge in [0.05, 0.1) is 16.7 Å². The molecular weight excluding hydrogens is 540 g/mol. The topological polar surface area (TPSA) is 133 Å². The maximum Gasteiger partial charge on any atom is 0.336 e. The first-order valence-electron chi connectivity index (χ1n) is 11.5. The zero-order valence-electron chi connectivity index (χ0n) is 20.1. The van der Waals surface area contributed by atoms with Gasteiger partial charge in [0.15, 0.2) is 0 Å². The number of hydrogen-bond acceptors (Lipinski definition) is 5. The van der Waals surface area contributed by atoms with E-state index in [0.29, 0.717) is 21.3 Å². The molecular formula is C29H21ClN2O6S. The number of carboxylic acid groups (broad SMARTS) is 2. The van der Waals surface area contributed by atoms with Gasteiger partial charge in [0.25, 0.3) is 5.91 Å². The third-order valence-corrected chi connectivity index (χ3v) is 7.04. The van der Waals surface area contributed by atoms with Gasteiger partial charge in [0.2, 0.25) is 5.91 Å². The lowest BCUT2D eigenvalue weighted by atomic mass is 10.0. The molecule has 196 valence electrons. The normalized spacial score (nSPS) is 11.3. The van der Waals surface area contributed by atoms with Gasteiger partial charge in [-0.15, -0.1) is 11.8 Å². The smallest absolute Gasteiger partial charge is 0.336 e. The van der Waals surface area contributed by atoms with E-state index in [1.165, 1.54) is 17.8 Å². The second-order valence-corrected chi connectivity index (χ2v) is 9.87. The quantitative estimate of drug-likeness (QED) is 0.173. The van der Waals surface area contributed by atoms with Crippen LogP contribution in [0.2, 0.25) is 5.02 Å². The Hall–Kier alpha value is -4.60. The van der Waals surface area contributed by atoms with Crippen molar-refractivity contribution in [2.24, 2.45) is 0 Å². The molecule has 0 fully saturated rings. The van der Waals surface area contributed by atoms with E-state index in [-0.39, 0.29) is 17.0 Å². The molecule has 4 aromatic rings. The summed E-state index contributed by atoms with van der Waals surface area (Å²) >= 11 is 7.22. The minimum Gasteiger partial charge on any atom is -0.478 e. The average molecular weight is 561 g/mol. The Morgan fingerprint density at radius 1 is 0.692 bits per heavy atom. The third kappa shape index (κ3) is 7.04. The number of anilines is 2. The molecule has 0 saturated heterocycles. The Bertz CT molecular complexity index is 1540. The van der Waals surface area contributed by atoms with Gasteiger partial charge in [-0.1, -0.05) is 48.0 Å². The second kappa shape index (κ2) is 12.3. The molecule has 0 bridgehead atoms. The first-order chi connectivity index (χ1) is 18.7. The monoisotopic (exact) mass is 560 g/mol. The van der Waals surface area contributed by atoms with E-state index in [4.69, 9.17) is 16.7 Å². The van der Waals surface area contributed by atoms with Gasteiger partial charge < -0.3 is 20.8 Å². The molecule has 4 aromatic carbocycles. The predicted molar refractivity (Wildman–Crippen MR) is 150 cm³/mol. The Balaban J connectivity index is 1.56. The van der Waals surface area contributed by atoms with Crippen LogP contribution in [-0.2, 0) is 4.79 Å². The summed E-state index contributed by atoms with van der Waals surface area (Å²) in [5.74, 6) is -3.70. The van der Waals surface area contributed by atoms with Crippen LogP contribution in [-0.4, -0.2) is 34.0 Å². The largest absolute Gasteiger partial charge is 0.478 e. The van der Waals surface area contributed by atoms with Gasteiger partial charge in [-0.3, -0.25) is 9.59 Å².